The molecule has 0 aliphatic rings. The number of methoxy groups -OCH3 is 2. The summed E-state index contributed by atoms with van der Waals surface area (Å²) in [6.07, 6.45) is 0. The summed E-state index contributed by atoms with van der Waals surface area (Å²) in [4.78, 5) is 12.6. The molecule has 0 aliphatic carbocycles. The van der Waals surface area contributed by atoms with Crippen LogP contribution in [0.3, 0.4) is 0 Å². The summed E-state index contributed by atoms with van der Waals surface area (Å²) in [5.74, 6) is 0.678. The van der Waals surface area contributed by atoms with E-state index in [0.717, 1.165) is 5.56 Å². The highest BCUT2D eigenvalue weighted by molar-refractivity contribution is 6.34. The van der Waals surface area contributed by atoms with Gasteiger partial charge in [-0.1, -0.05) is 35.4 Å². The smallest absolute Gasteiger partial charge is 0.196 e. The van der Waals surface area contributed by atoms with Crippen molar-refractivity contribution in [1.29, 1.82) is 0 Å². The molecule has 0 saturated carbocycles. The molecule has 2 aromatic rings. The number of hydrogen-bond donors (Lipinski definition) is 0. The number of rotatable bonds is 4. The number of ether oxygens (including phenoxy) is 2. The molecular weight excluding hydrogens is 276 g/mol. The summed E-state index contributed by atoms with van der Waals surface area (Å²) in [6.45, 7) is 1.94. The minimum Gasteiger partial charge on any atom is -0.495 e. The van der Waals surface area contributed by atoms with Crippen LogP contribution in [-0.4, -0.2) is 20.0 Å². The predicted octanol–water partition coefficient (Wildman–Crippen LogP) is 3.90. The van der Waals surface area contributed by atoms with Crippen molar-refractivity contribution in [3.05, 3.63) is 58.1 Å². The van der Waals surface area contributed by atoms with E-state index in [1.165, 1.54) is 14.2 Å². The fourth-order valence-corrected chi connectivity index (χ4v) is 2.33. The van der Waals surface area contributed by atoms with Gasteiger partial charge in [0.2, 0.25) is 0 Å². The Kier molecular flexibility index (Phi) is 4.30. The first-order valence-corrected chi connectivity index (χ1v) is 6.48. The molecule has 2 rings (SSSR count). The summed E-state index contributed by atoms with van der Waals surface area (Å²) in [6, 6.07) is 10.7. The molecule has 0 atom stereocenters. The first-order valence-electron chi connectivity index (χ1n) is 6.10. The summed E-state index contributed by atoms with van der Waals surface area (Å²) in [5, 5.41) is 0.300. The Balaban J connectivity index is 2.52. The number of carbonyl (C=O) groups is 1. The van der Waals surface area contributed by atoms with E-state index in [2.05, 4.69) is 0 Å². The Morgan fingerprint density at radius 1 is 1.10 bits per heavy atom. The predicted molar refractivity (Wildman–Crippen MR) is 79.2 cm³/mol. The molecular formula is C16H15ClO3. The lowest BCUT2D eigenvalue weighted by Crippen LogP contribution is -2.05. The lowest BCUT2D eigenvalue weighted by molar-refractivity contribution is 0.103. The SMILES string of the molecule is COc1ccc(C(=O)c2cccc(C)c2)c(OC)c1Cl. The van der Waals surface area contributed by atoms with Gasteiger partial charge in [-0.15, -0.1) is 0 Å². The molecule has 0 bridgehead atoms. The van der Waals surface area contributed by atoms with Crippen molar-refractivity contribution < 1.29 is 14.3 Å². The number of halogens is 1. The maximum absolute atomic E-state index is 12.6. The molecule has 4 heteroatoms. The molecule has 0 amide bonds. The van der Waals surface area contributed by atoms with Crippen molar-refractivity contribution in [3.8, 4) is 11.5 Å². The first-order chi connectivity index (χ1) is 9.58. The molecule has 2 aromatic carbocycles. The van der Waals surface area contributed by atoms with Crippen LogP contribution >= 0.6 is 11.6 Å². The zero-order valence-electron chi connectivity index (χ0n) is 11.6. The van der Waals surface area contributed by atoms with Crippen LogP contribution in [0.2, 0.25) is 5.02 Å². The summed E-state index contributed by atoms with van der Waals surface area (Å²) >= 11 is 6.17. The molecule has 20 heavy (non-hydrogen) atoms. The zero-order valence-corrected chi connectivity index (χ0v) is 12.3. The van der Waals surface area contributed by atoms with Crippen LogP contribution < -0.4 is 9.47 Å². The van der Waals surface area contributed by atoms with Crippen molar-refractivity contribution in [2.75, 3.05) is 14.2 Å². The second-order valence-electron chi connectivity index (χ2n) is 4.36. The summed E-state index contributed by atoms with van der Waals surface area (Å²) in [7, 11) is 3.00. The fraction of sp³-hybridized carbons (Fsp3) is 0.188. The third kappa shape index (κ3) is 2.63. The van der Waals surface area contributed by atoms with Crippen LogP contribution in [0.15, 0.2) is 36.4 Å². The number of benzene rings is 2. The second-order valence-corrected chi connectivity index (χ2v) is 4.74. The Hall–Kier alpha value is -2.00. The minimum absolute atomic E-state index is 0.130. The van der Waals surface area contributed by atoms with Gasteiger partial charge in [-0.05, 0) is 25.1 Å². The van der Waals surface area contributed by atoms with Gasteiger partial charge in [0.25, 0.3) is 0 Å². The highest BCUT2D eigenvalue weighted by atomic mass is 35.5. The van der Waals surface area contributed by atoms with Crippen molar-refractivity contribution in [2.24, 2.45) is 0 Å². The van der Waals surface area contributed by atoms with Crippen molar-refractivity contribution in [3.63, 3.8) is 0 Å². The monoisotopic (exact) mass is 290 g/mol. The van der Waals surface area contributed by atoms with E-state index < -0.39 is 0 Å². The van der Waals surface area contributed by atoms with Crippen LogP contribution in [0.1, 0.15) is 21.5 Å². The van der Waals surface area contributed by atoms with E-state index in [9.17, 15) is 4.79 Å². The molecule has 0 saturated heterocycles. The molecule has 0 radical (unpaired) electrons. The maximum Gasteiger partial charge on any atom is 0.196 e. The van der Waals surface area contributed by atoms with E-state index in [-0.39, 0.29) is 5.78 Å². The molecule has 0 aliphatic heterocycles. The molecule has 0 fully saturated rings. The van der Waals surface area contributed by atoms with Crippen LogP contribution in [0.4, 0.5) is 0 Å². The number of carbonyl (C=O) groups excluding carboxylic acids is 1. The molecule has 0 spiro atoms. The molecule has 0 unspecified atom stereocenters. The van der Waals surface area contributed by atoms with Gasteiger partial charge < -0.3 is 9.47 Å². The van der Waals surface area contributed by atoms with E-state index in [4.69, 9.17) is 21.1 Å². The second kappa shape index (κ2) is 5.97. The molecule has 0 heterocycles. The van der Waals surface area contributed by atoms with E-state index in [1.54, 1.807) is 18.2 Å². The van der Waals surface area contributed by atoms with E-state index in [0.29, 0.717) is 27.6 Å². The lowest BCUT2D eigenvalue weighted by Gasteiger charge is -2.12. The van der Waals surface area contributed by atoms with Crippen LogP contribution in [0, 0.1) is 6.92 Å². The van der Waals surface area contributed by atoms with Gasteiger partial charge >= 0.3 is 0 Å². The van der Waals surface area contributed by atoms with Crippen LogP contribution in [-0.2, 0) is 0 Å². The van der Waals surface area contributed by atoms with Gasteiger partial charge in [-0.25, -0.2) is 0 Å². The van der Waals surface area contributed by atoms with Gasteiger partial charge in [0.05, 0.1) is 19.8 Å². The van der Waals surface area contributed by atoms with Gasteiger partial charge in [0.15, 0.2) is 11.5 Å². The topological polar surface area (TPSA) is 35.5 Å². The highest BCUT2D eigenvalue weighted by Crippen LogP contribution is 2.37. The summed E-state index contributed by atoms with van der Waals surface area (Å²) < 4.78 is 10.4. The normalized spacial score (nSPS) is 10.2. The molecule has 104 valence electrons. The van der Waals surface area contributed by atoms with Crippen molar-refractivity contribution in [1.82, 2.24) is 0 Å². The van der Waals surface area contributed by atoms with Crippen molar-refractivity contribution >= 4 is 17.4 Å². The third-order valence-corrected chi connectivity index (χ3v) is 3.37. The molecule has 0 N–H and O–H groups in total. The van der Waals surface area contributed by atoms with Gasteiger partial charge in [-0.2, -0.15) is 0 Å². The summed E-state index contributed by atoms with van der Waals surface area (Å²) in [5.41, 5.74) is 2.04. The fourth-order valence-electron chi connectivity index (χ4n) is 2.02. The number of hydrogen-bond acceptors (Lipinski definition) is 3. The maximum atomic E-state index is 12.6. The quantitative estimate of drug-likeness (QED) is 0.801. The van der Waals surface area contributed by atoms with Crippen LogP contribution in [0.25, 0.3) is 0 Å². The van der Waals surface area contributed by atoms with E-state index in [1.807, 2.05) is 25.1 Å². The average Bonchev–Trinajstić information content (AvgIpc) is 2.46. The zero-order chi connectivity index (χ0) is 14.7. The third-order valence-electron chi connectivity index (χ3n) is 3.01. The van der Waals surface area contributed by atoms with E-state index >= 15 is 0 Å². The highest BCUT2D eigenvalue weighted by Gasteiger charge is 2.19. The largest absolute Gasteiger partial charge is 0.495 e. The average molecular weight is 291 g/mol. The Labute approximate surface area is 123 Å². The lowest BCUT2D eigenvalue weighted by atomic mass is 10.0. The van der Waals surface area contributed by atoms with Crippen molar-refractivity contribution in [2.45, 2.75) is 6.92 Å². The Morgan fingerprint density at radius 3 is 2.45 bits per heavy atom. The first kappa shape index (κ1) is 14.4. The minimum atomic E-state index is -0.130. The van der Waals surface area contributed by atoms with Gasteiger partial charge in [0, 0.05) is 5.56 Å². The number of ketones is 1. The number of aryl methyl sites for hydroxylation is 1. The Morgan fingerprint density at radius 2 is 1.85 bits per heavy atom. The molecule has 3 nitrogen and oxygen atoms in total. The Bertz CT molecular complexity index is 650. The molecule has 0 aromatic heterocycles. The van der Waals surface area contributed by atoms with Gasteiger partial charge in [-0.3, -0.25) is 4.79 Å². The standard InChI is InChI=1S/C16H15ClO3/c1-10-5-4-6-11(9-10)15(18)12-7-8-13(19-2)14(17)16(12)20-3/h4-9H,1-3H3. The van der Waals surface area contributed by atoms with Gasteiger partial charge in [0.1, 0.15) is 10.8 Å². The van der Waals surface area contributed by atoms with Crippen LogP contribution in [0.5, 0.6) is 11.5 Å².